The van der Waals surface area contributed by atoms with E-state index in [1.54, 1.807) is 32.0 Å². The van der Waals surface area contributed by atoms with Crippen LogP contribution in [0, 0.1) is 29.6 Å². The van der Waals surface area contributed by atoms with E-state index < -0.39 is 9.84 Å². The van der Waals surface area contributed by atoms with Crippen LogP contribution >= 0.6 is 0 Å². The average molecular weight is 291 g/mol. The third kappa shape index (κ3) is 3.56. The molecule has 0 bridgehead atoms. The molecule has 0 saturated heterocycles. The van der Waals surface area contributed by atoms with Crippen LogP contribution in [0.4, 0.5) is 0 Å². The van der Waals surface area contributed by atoms with E-state index in [1.165, 1.54) is 6.07 Å². The summed E-state index contributed by atoms with van der Waals surface area (Å²) in [4.78, 5) is 4.79. The van der Waals surface area contributed by atoms with Crippen LogP contribution in [0.2, 0.25) is 0 Å². The van der Waals surface area contributed by atoms with E-state index in [0.29, 0.717) is 11.1 Å². The van der Waals surface area contributed by atoms with Gasteiger partial charge in [-0.3, -0.25) is 0 Å². The fourth-order valence-electron chi connectivity index (χ4n) is 1.50. The Morgan fingerprint density at radius 1 is 1.40 bits per heavy atom. The zero-order valence-corrected chi connectivity index (χ0v) is 11.9. The number of hydrogen-bond donors (Lipinski definition) is 0. The molecule has 0 aliphatic rings. The van der Waals surface area contributed by atoms with Gasteiger partial charge in [0.1, 0.15) is 12.1 Å². The highest BCUT2D eigenvalue weighted by Crippen LogP contribution is 2.19. The molecule has 0 aromatic heterocycles. The van der Waals surface area contributed by atoms with E-state index in [-0.39, 0.29) is 23.0 Å². The maximum absolute atomic E-state index is 11.9. The second-order valence-electron chi connectivity index (χ2n) is 3.87. The summed E-state index contributed by atoms with van der Waals surface area (Å²) < 4.78 is 23.9. The molecule has 0 radical (unpaired) electrons. The maximum atomic E-state index is 11.9. The lowest BCUT2D eigenvalue weighted by molar-refractivity contribution is 0.179. The number of nitriles is 2. The Balaban J connectivity index is 3.29. The number of hydrogen-bond acceptors (Lipinski definition) is 6. The molecule has 0 spiro atoms. The van der Waals surface area contributed by atoms with Gasteiger partial charge in [0.25, 0.3) is 0 Å². The van der Waals surface area contributed by atoms with Crippen LogP contribution in [-0.2, 0) is 14.7 Å². The third-order valence-corrected chi connectivity index (χ3v) is 4.44. The first-order valence-electron chi connectivity index (χ1n) is 5.77. The van der Waals surface area contributed by atoms with Gasteiger partial charge < -0.3 is 4.84 Å². The van der Waals surface area contributed by atoms with E-state index in [1.807, 2.05) is 6.07 Å². The normalized spacial score (nSPS) is 11.5. The topological polar surface area (TPSA) is 103 Å². The molecule has 20 heavy (non-hydrogen) atoms. The van der Waals surface area contributed by atoms with Gasteiger partial charge in [-0.15, -0.1) is 0 Å². The summed E-state index contributed by atoms with van der Waals surface area (Å²) in [7, 11) is -3.38. The van der Waals surface area contributed by atoms with Gasteiger partial charge in [0.2, 0.25) is 6.61 Å². The SMILES string of the molecule is CCS(=O)(=O)c1cc(/C(C#N)=N/OCC#N)ccc1C. The zero-order valence-electron chi connectivity index (χ0n) is 11.1. The van der Waals surface area contributed by atoms with Crippen LogP contribution in [0.3, 0.4) is 0 Å². The predicted molar refractivity (Wildman–Crippen MR) is 72.6 cm³/mol. The number of sulfone groups is 1. The summed E-state index contributed by atoms with van der Waals surface area (Å²) in [5.74, 6) is -0.0265. The van der Waals surface area contributed by atoms with Gasteiger partial charge >= 0.3 is 0 Å². The smallest absolute Gasteiger partial charge is 0.202 e. The van der Waals surface area contributed by atoms with Gasteiger partial charge in [0.15, 0.2) is 15.5 Å². The lowest BCUT2D eigenvalue weighted by Gasteiger charge is -2.07. The predicted octanol–water partition coefficient (Wildman–Crippen LogP) is 1.56. The molecule has 0 amide bonds. The van der Waals surface area contributed by atoms with Crippen LogP contribution in [0.15, 0.2) is 28.3 Å². The zero-order chi connectivity index (χ0) is 15.2. The summed E-state index contributed by atoms with van der Waals surface area (Å²) >= 11 is 0. The van der Waals surface area contributed by atoms with Gasteiger partial charge in [-0.25, -0.2) is 8.42 Å². The second kappa shape index (κ2) is 6.69. The van der Waals surface area contributed by atoms with Crippen molar-refractivity contribution in [3.8, 4) is 12.1 Å². The molecule has 104 valence electrons. The second-order valence-corrected chi connectivity index (χ2v) is 6.11. The van der Waals surface area contributed by atoms with Crippen LogP contribution in [0.1, 0.15) is 18.1 Å². The number of oxime groups is 1. The van der Waals surface area contributed by atoms with Gasteiger partial charge in [-0.2, -0.15) is 10.5 Å². The standard InChI is InChI=1S/C13H13N3O3S/c1-3-20(17,18)13-8-11(5-4-10(13)2)12(9-15)16-19-7-6-14/h4-5,8H,3,7H2,1-2H3/b16-12+. The Kier molecular flexibility index (Phi) is 5.24. The minimum atomic E-state index is -3.38. The molecule has 0 aliphatic carbocycles. The Bertz CT molecular complexity index is 709. The van der Waals surface area contributed by atoms with E-state index in [2.05, 4.69) is 9.99 Å². The molecular weight excluding hydrogens is 278 g/mol. The van der Waals surface area contributed by atoms with Crippen LogP contribution in [0.25, 0.3) is 0 Å². The summed E-state index contributed by atoms with van der Waals surface area (Å²) in [6.45, 7) is 2.95. The van der Waals surface area contributed by atoms with Crippen molar-refractivity contribution >= 4 is 15.5 Å². The number of benzene rings is 1. The monoisotopic (exact) mass is 291 g/mol. The first kappa shape index (κ1) is 15.7. The highest BCUT2D eigenvalue weighted by atomic mass is 32.2. The summed E-state index contributed by atoms with van der Waals surface area (Å²) in [6.07, 6.45) is 0. The molecule has 0 aliphatic heterocycles. The minimum Gasteiger partial charge on any atom is -0.379 e. The Morgan fingerprint density at radius 3 is 2.65 bits per heavy atom. The first-order chi connectivity index (χ1) is 9.46. The Morgan fingerprint density at radius 2 is 2.10 bits per heavy atom. The number of rotatable bonds is 5. The minimum absolute atomic E-state index is 0.0265. The van der Waals surface area contributed by atoms with E-state index in [9.17, 15) is 8.42 Å². The average Bonchev–Trinajstić information content (AvgIpc) is 2.44. The van der Waals surface area contributed by atoms with Crippen molar-refractivity contribution in [3.63, 3.8) is 0 Å². The fraction of sp³-hybridized carbons (Fsp3) is 0.308. The highest BCUT2D eigenvalue weighted by Gasteiger charge is 2.16. The van der Waals surface area contributed by atoms with Crippen molar-refractivity contribution in [2.45, 2.75) is 18.7 Å². The van der Waals surface area contributed by atoms with Gasteiger partial charge in [-0.1, -0.05) is 24.2 Å². The van der Waals surface area contributed by atoms with Gasteiger partial charge in [-0.05, 0) is 18.6 Å². The summed E-state index contributed by atoms with van der Waals surface area (Å²) in [5.41, 5.74) is 0.863. The van der Waals surface area contributed by atoms with Crippen LogP contribution < -0.4 is 0 Å². The summed E-state index contributed by atoms with van der Waals surface area (Å²) in [6, 6.07) is 8.12. The van der Waals surface area contributed by atoms with Crippen LogP contribution in [-0.4, -0.2) is 26.5 Å². The molecule has 0 saturated carbocycles. The lowest BCUT2D eigenvalue weighted by atomic mass is 10.1. The van der Waals surface area contributed by atoms with Gasteiger partial charge in [0.05, 0.1) is 10.6 Å². The first-order valence-corrected chi connectivity index (χ1v) is 7.42. The molecular formula is C13H13N3O3S. The molecule has 0 fully saturated rings. The third-order valence-electron chi connectivity index (χ3n) is 2.57. The van der Waals surface area contributed by atoms with Crippen molar-refractivity contribution in [3.05, 3.63) is 29.3 Å². The highest BCUT2D eigenvalue weighted by molar-refractivity contribution is 7.91. The molecule has 1 aromatic carbocycles. The van der Waals surface area contributed by atoms with Gasteiger partial charge in [0, 0.05) is 5.56 Å². The largest absolute Gasteiger partial charge is 0.379 e. The molecule has 7 heteroatoms. The Labute approximate surface area is 117 Å². The maximum Gasteiger partial charge on any atom is 0.202 e. The summed E-state index contributed by atoms with van der Waals surface area (Å²) in [5, 5.41) is 20.9. The molecule has 0 heterocycles. The molecule has 6 nitrogen and oxygen atoms in total. The van der Waals surface area contributed by atoms with E-state index >= 15 is 0 Å². The quantitative estimate of drug-likeness (QED) is 0.465. The molecule has 1 aromatic rings. The van der Waals surface area contributed by atoms with Crippen molar-refractivity contribution in [2.75, 3.05) is 12.4 Å². The molecule has 0 unspecified atom stereocenters. The fourth-order valence-corrected chi connectivity index (χ4v) is 2.68. The van der Waals surface area contributed by atoms with E-state index in [4.69, 9.17) is 10.5 Å². The van der Waals surface area contributed by atoms with Crippen molar-refractivity contribution < 1.29 is 13.3 Å². The molecule has 1 rings (SSSR count). The number of nitrogens with zero attached hydrogens (tertiary/aromatic N) is 3. The van der Waals surface area contributed by atoms with E-state index in [0.717, 1.165) is 0 Å². The number of aryl methyl sites for hydroxylation is 1. The van der Waals surface area contributed by atoms with Crippen LogP contribution in [0.5, 0.6) is 0 Å². The Hall–Kier alpha value is -2.38. The van der Waals surface area contributed by atoms with Crippen molar-refractivity contribution in [1.29, 1.82) is 10.5 Å². The van der Waals surface area contributed by atoms with Crippen molar-refractivity contribution in [1.82, 2.24) is 0 Å². The molecule has 0 atom stereocenters. The van der Waals surface area contributed by atoms with Crippen molar-refractivity contribution in [2.24, 2.45) is 5.16 Å². The lowest BCUT2D eigenvalue weighted by Crippen LogP contribution is -2.08. The molecule has 0 N–H and O–H groups in total.